The van der Waals surface area contributed by atoms with Crippen molar-refractivity contribution in [1.82, 2.24) is 4.90 Å². The predicted octanol–water partition coefficient (Wildman–Crippen LogP) is 2.61. The van der Waals surface area contributed by atoms with Crippen LogP contribution < -0.4 is 4.74 Å². The molecule has 0 fully saturated rings. The van der Waals surface area contributed by atoms with Crippen LogP contribution in [0, 0.1) is 0 Å². The van der Waals surface area contributed by atoms with E-state index in [9.17, 15) is 18.4 Å². The monoisotopic (exact) mass is 301 g/mol. The van der Waals surface area contributed by atoms with Crippen LogP contribution in [-0.4, -0.2) is 40.6 Å². The van der Waals surface area contributed by atoms with E-state index in [1.807, 2.05) is 0 Å². The van der Waals surface area contributed by atoms with E-state index in [0.29, 0.717) is 0 Å². The molecule has 0 aliphatic carbocycles. The summed E-state index contributed by atoms with van der Waals surface area (Å²) in [6, 6.07) is 5.27. The molecule has 0 aromatic heterocycles. The van der Waals surface area contributed by atoms with Gasteiger partial charge in [-0.05, 0) is 39.0 Å². The summed E-state index contributed by atoms with van der Waals surface area (Å²) in [4.78, 5) is 24.4. The van der Waals surface area contributed by atoms with Crippen molar-refractivity contribution in [3.05, 3.63) is 29.8 Å². The van der Waals surface area contributed by atoms with Gasteiger partial charge >= 0.3 is 12.6 Å². The third kappa shape index (κ3) is 5.02. The molecule has 1 aromatic carbocycles. The predicted molar refractivity (Wildman–Crippen MR) is 71.5 cm³/mol. The van der Waals surface area contributed by atoms with Crippen LogP contribution in [0.15, 0.2) is 24.3 Å². The topological polar surface area (TPSA) is 66.8 Å². The summed E-state index contributed by atoms with van der Waals surface area (Å²) in [6.45, 7) is 1.59. The van der Waals surface area contributed by atoms with Gasteiger partial charge in [0.05, 0.1) is 0 Å². The molecule has 0 unspecified atom stereocenters. The van der Waals surface area contributed by atoms with Gasteiger partial charge in [0.2, 0.25) is 0 Å². The van der Waals surface area contributed by atoms with Gasteiger partial charge in [-0.25, -0.2) is 0 Å². The number of rotatable bonds is 5. The molecule has 0 atom stereocenters. The molecule has 7 heteroatoms. The lowest BCUT2D eigenvalue weighted by Gasteiger charge is -2.34. The van der Waals surface area contributed by atoms with Crippen LogP contribution in [0.25, 0.3) is 0 Å². The molecule has 1 N–H and O–H groups in total. The number of benzene rings is 1. The molecule has 0 heterocycles. The molecule has 0 saturated carbocycles. The Bertz CT molecular complexity index is 526. The molecule has 0 radical (unpaired) electrons. The highest BCUT2D eigenvalue weighted by Crippen LogP contribution is 2.21. The van der Waals surface area contributed by atoms with E-state index in [1.165, 1.54) is 18.2 Å². The van der Waals surface area contributed by atoms with Crippen molar-refractivity contribution >= 4 is 11.9 Å². The first kappa shape index (κ1) is 16.9. The van der Waals surface area contributed by atoms with Gasteiger partial charge < -0.3 is 14.7 Å². The van der Waals surface area contributed by atoms with Crippen molar-refractivity contribution in [2.75, 3.05) is 6.54 Å². The molecule has 0 aliphatic rings. The summed E-state index contributed by atoms with van der Waals surface area (Å²) in [5.74, 6) is -1.87. The quantitative estimate of drug-likeness (QED) is 0.908. The maximum atomic E-state index is 12.4. The van der Waals surface area contributed by atoms with E-state index >= 15 is 0 Å². The standard InChI is InChI=1S/C14H17F2NO4/c1-14(2,3)17(8-11(18)19)12(20)9-5-4-6-10(7-9)21-13(15)16/h4-7,13H,8H2,1-3H3,(H,18,19). The highest BCUT2D eigenvalue weighted by Gasteiger charge is 2.29. The second kappa shape index (κ2) is 6.51. The van der Waals surface area contributed by atoms with Crippen LogP contribution in [-0.2, 0) is 4.79 Å². The first-order chi connectivity index (χ1) is 9.61. The third-order valence-electron chi connectivity index (χ3n) is 2.65. The zero-order chi connectivity index (χ0) is 16.2. The minimum atomic E-state index is -2.99. The number of alkyl halides is 2. The first-order valence-electron chi connectivity index (χ1n) is 6.20. The Balaban J connectivity index is 3.06. The minimum absolute atomic E-state index is 0.0873. The van der Waals surface area contributed by atoms with Gasteiger partial charge in [0, 0.05) is 11.1 Å². The Morgan fingerprint density at radius 2 is 1.95 bits per heavy atom. The molecule has 116 valence electrons. The van der Waals surface area contributed by atoms with Gasteiger partial charge in [0.1, 0.15) is 12.3 Å². The van der Waals surface area contributed by atoms with Crippen LogP contribution in [0.1, 0.15) is 31.1 Å². The molecule has 1 amide bonds. The lowest BCUT2D eigenvalue weighted by Crippen LogP contribution is -2.48. The second-order valence-corrected chi connectivity index (χ2v) is 5.36. The second-order valence-electron chi connectivity index (χ2n) is 5.36. The number of nitrogens with zero attached hydrogens (tertiary/aromatic N) is 1. The summed E-state index contributed by atoms with van der Waals surface area (Å²) in [5, 5.41) is 8.90. The van der Waals surface area contributed by atoms with Crippen LogP contribution >= 0.6 is 0 Å². The lowest BCUT2D eigenvalue weighted by molar-refractivity contribution is -0.138. The first-order valence-corrected chi connectivity index (χ1v) is 6.20. The SMILES string of the molecule is CC(C)(C)N(CC(=O)O)C(=O)c1cccc(OC(F)F)c1. The number of hydrogen-bond acceptors (Lipinski definition) is 3. The van der Waals surface area contributed by atoms with Crippen LogP contribution in [0.2, 0.25) is 0 Å². The van der Waals surface area contributed by atoms with E-state index in [2.05, 4.69) is 4.74 Å². The average molecular weight is 301 g/mol. The van der Waals surface area contributed by atoms with Gasteiger partial charge in [-0.3, -0.25) is 9.59 Å². The third-order valence-corrected chi connectivity index (χ3v) is 2.65. The molecule has 0 saturated heterocycles. The summed E-state index contributed by atoms with van der Waals surface area (Å²) >= 11 is 0. The van der Waals surface area contributed by atoms with E-state index in [4.69, 9.17) is 5.11 Å². The zero-order valence-corrected chi connectivity index (χ0v) is 12.0. The molecule has 1 aromatic rings. The van der Waals surface area contributed by atoms with Gasteiger partial charge in [0.15, 0.2) is 0 Å². The number of amides is 1. The van der Waals surface area contributed by atoms with Gasteiger partial charge in [0.25, 0.3) is 5.91 Å². The Kier molecular flexibility index (Phi) is 5.23. The Hall–Kier alpha value is -2.18. The minimum Gasteiger partial charge on any atom is -0.480 e. The number of carbonyl (C=O) groups is 2. The van der Waals surface area contributed by atoms with Crippen molar-refractivity contribution in [2.45, 2.75) is 32.9 Å². The highest BCUT2D eigenvalue weighted by molar-refractivity contribution is 5.96. The van der Waals surface area contributed by atoms with Crippen molar-refractivity contribution in [3.63, 3.8) is 0 Å². The van der Waals surface area contributed by atoms with Gasteiger partial charge in [-0.2, -0.15) is 8.78 Å². The number of halogens is 2. The lowest BCUT2D eigenvalue weighted by atomic mass is 10.0. The zero-order valence-electron chi connectivity index (χ0n) is 12.0. The summed E-state index contributed by atoms with van der Waals surface area (Å²) in [6.07, 6.45) is 0. The molecular weight excluding hydrogens is 284 g/mol. The van der Waals surface area contributed by atoms with E-state index in [-0.39, 0.29) is 11.3 Å². The molecule has 0 spiro atoms. The van der Waals surface area contributed by atoms with Gasteiger partial charge in [-0.1, -0.05) is 6.07 Å². The number of aliphatic carboxylic acids is 1. The highest BCUT2D eigenvalue weighted by atomic mass is 19.3. The van der Waals surface area contributed by atoms with E-state index < -0.39 is 30.6 Å². The smallest absolute Gasteiger partial charge is 0.387 e. The molecule has 0 bridgehead atoms. The fraction of sp³-hybridized carbons (Fsp3) is 0.429. The average Bonchev–Trinajstić information content (AvgIpc) is 2.33. The largest absolute Gasteiger partial charge is 0.480 e. The molecule has 5 nitrogen and oxygen atoms in total. The van der Waals surface area contributed by atoms with E-state index in [0.717, 1.165) is 11.0 Å². The molecule has 21 heavy (non-hydrogen) atoms. The van der Waals surface area contributed by atoms with Crippen LogP contribution in [0.5, 0.6) is 5.75 Å². The number of carboxylic acids is 1. The Labute approximate surface area is 121 Å². The Morgan fingerprint density at radius 3 is 2.43 bits per heavy atom. The fourth-order valence-electron chi connectivity index (χ4n) is 1.71. The van der Waals surface area contributed by atoms with Crippen molar-refractivity contribution < 1.29 is 28.2 Å². The number of ether oxygens (including phenoxy) is 1. The van der Waals surface area contributed by atoms with E-state index in [1.54, 1.807) is 20.8 Å². The van der Waals surface area contributed by atoms with Crippen LogP contribution in [0.4, 0.5) is 8.78 Å². The number of hydrogen-bond donors (Lipinski definition) is 1. The summed E-state index contributed by atoms with van der Waals surface area (Å²) in [5.41, 5.74) is -0.640. The maximum absolute atomic E-state index is 12.4. The van der Waals surface area contributed by atoms with Crippen molar-refractivity contribution in [3.8, 4) is 5.75 Å². The van der Waals surface area contributed by atoms with Crippen molar-refractivity contribution in [1.29, 1.82) is 0 Å². The molecular formula is C14H17F2NO4. The maximum Gasteiger partial charge on any atom is 0.387 e. The summed E-state index contributed by atoms with van der Waals surface area (Å²) in [7, 11) is 0. The fourth-order valence-corrected chi connectivity index (χ4v) is 1.71. The number of carbonyl (C=O) groups excluding carboxylic acids is 1. The summed E-state index contributed by atoms with van der Waals surface area (Å²) < 4.78 is 28.6. The van der Waals surface area contributed by atoms with Gasteiger partial charge in [-0.15, -0.1) is 0 Å². The van der Waals surface area contributed by atoms with Crippen molar-refractivity contribution in [2.24, 2.45) is 0 Å². The van der Waals surface area contributed by atoms with Crippen LogP contribution in [0.3, 0.4) is 0 Å². The number of carboxylic acid groups (broad SMARTS) is 1. The molecule has 1 rings (SSSR count). The normalized spacial score (nSPS) is 11.3. The molecule has 0 aliphatic heterocycles. The Morgan fingerprint density at radius 1 is 1.33 bits per heavy atom.